The van der Waals surface area contributed by atoms with Gasteiger partial charge in [0, 0.05) is 17.1 Å². The molecule has 0 aliphatic carbocycles. The minimum absolute atomic E-state index is 0.123. The minimum atomic E-state index is -0.425. The monoisotopic (exact) mass is 422 g/mol. The molecule has 150 valence electrons. The molecule has 0 spiro atoms. The Hall–Kier alpha value is -3.64. The maximum absolute atomic E-state index is 13.0. The molecule has 0 fully saturated rings. The van der Waals surface area contributed by atoms with E-state index in [9.17, 15) is 14.0 Å². The number of halogens is 2. The Morgan fingerprint density at radius 3 is 2.67 bits per heavy atom. The van der Waals surface area contributed by atoms with Crippen molar-refractivity contribution in [2.75, 3.05) is 5.32 Å². The SMILES string of the molecule is O=C1Nc2cc(C(=O)NCc3ccc(F)cc3)ccc2OC1=Cc1cccc(Cl)c1. The van der Waals surface area contributed by atoms with Crippen LogP contribution >= 0.6 is 11.6 Å². The standard InChI is InChI=1S/C23H16ClFN2O3/c24-17-3-1-2-15(10-17)11-21-23(29)27-19-12-16(6-9-20(19)30-21)22(28)26-13-14-4-7-18(25)8-5-14/h1-12H,13H2,(H,26,28)(H,27,29). The number of hydrogen-bond acceptors (Lipinski definition) is 3. The third-order valence-corrected chi connectivity index (χ3v) is 4.68. The summed E-state index contributed by atoms with van der Waals surface area (Å²) in [6.45, 7) is 0.256. The first-order chi connectivity index (χ1) is 14.5. The third-order valence-electron chi connectivity index (χ3n) is 4.45. The third kappa shape index (κ3) is 4.50. The van der Waals surface area contributed by atoms with Crippen molar-refractivity contribution in [3.05, 3.63) is 100 Å². The van der Waals surface area contributed by atoms with E-state index in [1.165, 1.54) is 12.1 Å². The number of anilines is 1. The molecule has 1 aliphatic heterocycles. The summed E-state index contributed by atoms with van der Waals surface area (Å²) >= 11 is 5.97. The Bertz CT molecular complexity index is 1160. The lowest BCUT2D eigenvalue weighted by atomic mass is 10.1. The van der Waals surface area contributed by atoms with Gasteiger partial charge in [0.25, 0.3) is 11.8 Å². The highest BCUT2D eigenvalue weighted by molar-refractivity contribution is 6.30. The summed E-state index contributed by atoms with van der Waals surface area (Å²) in [5.41, 5.74) is 2.27. The molecule has 1 aliphatic rings. The summed E-state index contributed by atoms with van der Waals surface area (Å²) in [4.78, 5) is 24.8. The molecule has 0 saturated carbocycles. The molecular formula is C23H16ClFN2O3. The van der Waals surface area contributed by atoms with Crippen LogP contribution in [-0.2, 0) is 11.3 Å². The second kappa shape index (κ2) is 8.39. The Balaban J connectivity index is 1.48. The fourth-order valence-corrected chi connectivity index (χ4v) is 3.13. The summed E-state index contributed by atoms with van der Waals surface area (Å²) in [5.74, 6) is -0.529. The van der Waals surface area contributed by atoms with E-state index in [1.807, 2.05) is 0 Å². The molecule has 2 amide bonds. The molecule has 3 aromatic rings. The van der Waals surface area contributed by atoms with Crippen LogP contribution in [0.2, 0.25) is 5.02 Å². The first kappa shape index (κ1) is 19.7. The number of ether oxygens (including phenoxy) is 1. The number of amides is 2. The van der Waals surface area contributed by atoms with Gasteiger partial charge < -0.3 is 15.4 Å². The minimum Gasteiger partial charge on any atom is -0.449 e. The normalized spacial score (nSPS) is 13.9. The van der Waals surface area contributed by atoms with E-state index < -0.39 is 5.91 Å². The zero-order chi connectivity index (χ0) is 21.1. The lowest BCUT2D eigenvalue weighted by Gasteiger charge is -2.20. The topological polar surface area (TPSA) is 67.4 Å². The number of benzene rings is 3. The smallest absolute Gasteiger partial charge is 0.291 e. The zero-order valence-electron chi connectivity index (χ0n) is 15.6. The number of fused-ring (bicyclic) bond motifs is 1. The fourth-order valence-electron chi connectivity index (χ4n) is 2.94. The van der Waals surface area contributed by atoms with Crippen LogP contribution in [0.15, 0.2) is 72.5 Å². The van der Waals surface area contributed by atoms with Crippen LogP contribution in [0.4, 0.5) is 10.1 Å². The molecule has 0 atom stereocenters. The van der Waals surface area contributed by atoms with Gasteiger partial charge in [0.15, 0.2) is 11.5 Å². The van der Waals surface area contributed by atoms with Crippen molar-refractivity contribution >= 4 is 35.2 Å². The van der Waals surface area contributed by atoms with E-state index in [1.54, 1.807) is 60.7 Å². The number of nitrogens with one attached hydrogen (secondary N) is 2. The van der Waals surface area contributed by atoms with E-state index >= 15 is 0 Å². The maximum Gasteiger partial charge on any atom is 0.291 e. The average Bonchev–Trinajstić information content (AvgIpc) is 2.73. The summed E-state index contributed by atoms with van der Waals surface area (Å²) in [5, 5.41) is 6.05. The van der Waals surface area contributed by atoms with E-state index in [-0.39, 0.29) is 24.0 Å². The van der Waals surface area contributed by atoms with Crippen molar-refractivity contribution in [2.45, 2.75) is 6.54 Å². The predicted molar refractivity (Wildman–Crippen MR) is 113 cm³/mol. The molecule has 30 heavy (non-hydrogen) atoms. The van der Waals surface area contributed by atoms with Gasteiger partial charge in [-0.3, -0.25) is 9.59 Å². The van der Waals surface area contributed by atoms with Crippen LogP contribution in [0, 0.1) is 5.82 Å². The predicted octanol–water partition coefficient (Wildman–Crippen LogP) is 4.78. The highest BCUT2D eigenvalue weighted by Gasteiger charge is 2.23. The summed E-state index contributed by atoms with van der Waals surface area (Å²) in [7, 11) is 0. The Labute approximate surface area is 177 Å². The molecule has 0 aromatic heterocycles. The van der Waals surface area contributed by atoms with Gasteiger partial charge in [-0.1, -0.05) is 35.9 Å². The van der Waals surface area contributed by atoms with Gasteiger partial charge in [-0.25, -0.2) is 4.39 Å². The van der Waals surface area contributed by atoms with E-state index in [0.29, 0.717) is 22.0 Å². The molecule has 0 radical (unpaired) electrons. The van der Waals surface area contributed by atoms with Crippen LogP contribution in [0.3, 0.4) is 0 Å². The molecule has 1 heterocycles. The molecule has 0 bridgehead atoms. The lowest BCUT2D eigenvalue weighted by Crippen LogP contribution is -2.25. The van der Waals surface area contributed by atoms with Crippen LogP contribution < -0.4 is 15.4 Å². The number of carbonyl (C=O) groups is 2. The second-order valence-electron chi connectivity index (χ2n) is 6.64. The Morgan fingerprint density at radius 1 is 1.10 bits per heavy atom. The molecule has 5 nitrogen and oxygen atoms in total. The molecule has 2 N–H and O–H groups in total. The highest BCUT2D eigenvalue weighted by atomic mass is 35.5. The van der Waals surface area contributed by atoms with E-state index in [4.69, 9.17) is 16.3 Å². The van der Waals surface area contributed by atoms with Gasteiger partial charge in [-0.15, -0.1) is 0 Å². The van der Waals surface area contributed by atoms with Crippen LogP contribution in [0.25, 0.3) is 6.08 Å². The Kier molecular flexibility index (Phi) is 5.50. The van der Waals surface area contributed by atoms with Crippen molar-refractivity contribution in [3.8, 4) is 5.75 Å². The van der Waals surface area contributed by atoms with Crippen molar-refractivity contribution in [1.82, 2.24) is 5.32 Å². The fraction of sp³-hybridized carbons (Fsp3) is 0.0435. The van der Waals surface area contributed by atoms with Crippen molar-refractivity contribution in [2.24, 2.45) is 0 Å². The number of rotatable bonds is 4. The van der Waals surface area contributed by atoms with Crippen LogP contribution in [0.1, 0.15) is 21.5 Å². The van der Waals surface area contributed by atoms with Gasteiger partial charge in [0.1, 0.15) is 5.82 Å². The average molecular weight is 423 g/mol. The van der Waals surface area contributed by atoms with Crippen molar-refractivity contribution < 1.29 is 18.7 Å². The number of hydrogen-bond donors (Lipinski definition) is 2. The van der Waals surface area contributed by atoms with Gasteiger partial charge in [0.2, 0.25) is 0 Å². The Morgan fingerprint density at radius 2 is 1.90 bits per heavy atom. The molecule has 4 rings (SSSR count). The van der Waals surface area contributed by atoms with Crippen molar-refractivity contribution in [1.29, 1.82) is 0 Å². The second-order valence-corrected chi connectivity index (χ2v) is 7.08. The summed E-state index contributed by atoms with van der Waals surface area (Å²) in [6.07, 6.45) is 1.59. The molecule has 0 saturated heterocycles. The highest BCUT2D eigenvalue weighted by Crippen LogP contribution is 2.32. The molecule has 3 aromatic carbocycles. The molecular weight excluding hydrogens is 407 g/mol. The van der Waals surface area contributed by atoms with Crippen molar-refractivity contribution in [3.63, 3.8) is 0 Å². The van der Waals surface area contributed by atoms with Crippen LogP contribution in [0.5, 0.6) is 5.75 Å². The van der Waals surface area contributed by atoms with Gasteiger partial charge >= 0.3 is 0 Å². The molecule has 7 heteroatoms. The maximum atomic E-state index is 13.0. The van der Waals surface area contributed by atoms with E-state index in [2.05, 4.69) is 10.6 Å². The summed E-state index contributed by atoms with van der Waals surface area (Å²) < 4.78 is 18.7. The van der Waals surface area contributed by atoms with Gasteiger partial charge in [-0.2, -0.15) is 0 Å². The van der Waals surface area contributed by atoms with Crippen LogP contribution in [-0.4, -0.2) is 11.8 Å². The largest absolute Gasteiger partial charge is 0.449 e. The molecule has 0 unspecified atom stereocenters. The summed E-state index contributed by atoms with van der Waals surface area (Å²) in [6, 6.07) is 17.7. The first-order valence-electron chi connectivity index (χ1n) is 9.11. The van der Waals surface area contributed by atoms with E-state index in [0.717, 1.165) is 11.1 Å². The zero-order valence-corrected chi connectivity index (χ0v) is 16.4. The quantitative estimate of drug-likeness (QED) is 0.594. The first-order valence-corrected chi connectivity index (χ1v) is 9.49. The number of carbonyl (C=O) groups excluding carboxylic acids is 2. The van der Waals surface area contributed by atoms with Gasteiger partial charge in [-0.05, 0) is 59.7 Å². The van der Waals surface area contributed by atoms with Gasteiger partial charge in [0.05, 0.1) is 5.69 Å². The lowest BCUT2D eigenvalue weighted by molar-refractivity contribution is -0.115.